The number of benzene rings is 2. The summed E-state index contributed by atoms with van der Waals surface area (Å²) < 4.78 is 26.6. The molecular weight excluding hydrogens is 244 g/mol. The summed E-state index contributed by atoms with van der Waals surface area (Å²) in [6.45, 7) is 5.62. The van der Waals surface area contributed by atoms with E-state index in [0.717, 1.165) is 35.8 Å². The van der Waals surface area contributed by atoms with Crippen LogP contribution in [0.25, 0.3) is 11.1 Å². The Morgan fingerprint density at radius 3 is 2.32 bits per heavy atom. The fraction of sp³-hybridized carbons (Fsp3) is 0.250. The first-order valence-electron chi connectivity index (χ1n) is 6.37. The molecule has 0 spiro atoms. The molecule has 0 amide bonds. The van der Waals surface area contributed by atoms with Crippen molar-refractivity contribution in [3.63, 3.8) is 0 Å². The Morgan fingerprint density at radius 2 is 1.68 bits per heavy atom. The topological polar surface area (TPSA) is 12.0 Å². The van der Waals surface area contributed by atoms with Crippen LogP contribution in [0.3, 0.4) is 0 Å². The molecule has 0 aliphatic heterocycles. The summed E-state index contributed by atoms with van der Waals surface area (Å²) in [5.41, 5.74) is 3.56. The van der Waals surface area contributed by atoms with Crippen LogP contribution in [0.4, 0.5) is 8.78 Å². The molecule has 3 heteroatoms. The lowest BCUT2D eigenvalue weighted by Crippen LogP contribution is -2.11. The minimum Gasteiger partial charge on any atom is -0.313 e. The number of rotatable bonds is 4. The lowest BCUT2D eigenvalue weighted by molar-refractivity contribution is 0.584. The molecule has 1 nitrogen and oxygen atoms in total. The molecule has 0 radical (unpaired) electrons. The normalized spacial score (nSPS) is 10.7. The monoisotopic (exact) mass is 261 g/mol. The molecule has 0 fully saturated rings. The van der Waals surface area contributed by atoms with E-state index in [0.29, 0.717) is 5.56 Å². The molecule has 0 bridgehead atoms. The van der Waals surface area contributed by atoms with Crippen LogP contribution in [0.15, 0.2) is 36.4 Å². The van der Waals surface area contributed by atoms with Gasteiger partial charge in [-0.1, -0.05) is 19.1 Å². The van der Waals surface area contributed by atoms with E-state index >= 15 is 0 Å². The Hall–Kier alpha value is -1.74. The second kappa shape index (κ2) is 5.93. The lowest BCUT2D eigenvalue weighted by atomic mass is 9.98. The quantitative estimate of drug-likeness (QED) is 0.875. The third kappa shape index (κ3) is 3.38. The lowest BCUT2D eigenvalue weighted by Gasteiger charge is -2.10. The van der Waals surface area contributed by atoms with Crippen molar-refractivity contribution >= 4 is 0 Å². The van der Waals surface area contributed by atoms with Gasteiger partial charge in [0.2, 0.25) is 0 Å². The van der Waals surface area contributed by atoms with Gasteiger partial charge in [-0.15, -0.1) is 0 Å². The van der Waals surface area contributed by atoms with Gasteiger partial charge in [0.25, 0.3) is 0 Å². The Bertz CT molecular complexity index is 559. The van der Waals surface area contributed by atoms with Gasteiger partial charge >= 0.3 is 0 Å². The maximum atomic E-state index is 13.3. The van der Waals surface area contributed by atoms with E-state index in [-0.39, 0.29) is 0 Å². The third-order valence-corrected chi connectivity index (χ3v) is 3.05. The molecule has 2 rings (SSSR count). The van der Waals surface area contributed by atoms with Crippen molar-refractivity contribution in [3.8, 4) is 11.1 Å². The molecule has 0 aliphatic carbocycles. The van der Waals surface area contributed by atoms with Crippen LogP contribution in [0.5, 0.6) is 0 Å². The van der Waals surface area contributed by atoms with Crippen molar-refractivity contribution in [2.45, 2.75) is 20.4 Å². The SMILES string of the molecule is CCNCc1ccc(C)c(-c2cc(F)cc(F)c2)c1. The van der Waals surface area contributed by atoms with E-state index in [1.807, 2.05) is 32.0 Å². The smallest absolute Gasteiger partial charge is 0.126 e. The largest absolute Gasteiger partial charge is 0.313 e. The second-order valence-corrected chi connectivity index (χ2v) is 4.59. The molecule has 2 aromatic rings. The molecule has 0 aliphatic rings. The fourth-order valence-corrected chi connectivity index (χ4v) is 2.07. The summed E-state index contributed by atoms with van der Waals surface area (Å²) in [4.78, 5) is 0. The van der Waals surface area contributed by atoms with Gasteiger partial charge in [0.05, 0.1) is 0 Å². The first kappa shape index (κ1) is 13.7. The van der Waals surface area contributed by atoms with Crippen LogP contribution in [0.1, 0.15) is 18.1 Å². The number of aryl methyl sites for hydroxylation is 1. The second-order valence-electron chi connectivity index (χ2n) is 4.59. The van der Waals surface area contributed by atoms with E-state index in [4.69, 9.17) is 0 Å². The van der Waals surface area contributed by atoms with Gasteiger partial charge in [-0.2, -0.15) is 0 Å². The minimum atomic E-state index is -0.550. The minimum absolute atomic E-state index is 0.550. The molecule has 19 heavy (non-hydrogen) atoms. The third-order valence-electron chi connectivity index (χ3n) is 3.05. The summed E-state index contributed by atoms with van der Waals surface area (Å²) in [5.74, 6) is -1.10. The van der Waals surface area contributed by atoms with Crippen molar-refractivity contribution in [2.75, 3.05) is 6.54 Å². The van der Waals surface area contributed by atoms with Crippen LogP contribution in [0.2, 0.25) is 0 Å². The molecule has 1 N–H and O–H groups in total. The van der Waals surface area contributed by atoms with Crippen LogP contribution in [-0.4, -0.2) is 6.54 Å². The molecule has 0 heterocycles. The number of halogens is 2. The number of nitrogens with one attached hydrogen (secondary N) is 1. The van der Waals surface area contributed by atoms with Gasteiger partial charge in [0, 0.05) is 12.6 Å². The van der Waals surface area contributed by atoms with Crippen LogP contribution < -0.4 is 5.32 Å². The fourth-order valence-electron chi connectivity index (χ4n) is 2.07. The number of hydrogen-bond donors (Lipinski definition) is 1. The Morgan fingerprint density at radius 1 is 1.00 bits per heavy atom. The van der Waals surface area contributed by atoms with E-state index in [1.54, 1.807) is 0 Å². The predicted octanol–water partition coefficient (Wildman–Crippen LogP) is 4.05. The summed E-state index contributed by atoms with van der Waals surface area (Å²) in [7, 11) is 0. The summed E-state index contributed by atoms with van der Waals surface area (Å²) >= 11 is 0. The van der Waals surface area contributed by atoms with Crippen LogP contribution in [-0.2, 0) is 6.54 Å². The molecule has 0 saturated heterocycles. The van der Waals surface area contributed by atoms with Crippen LogP contribution in [0, 0.1) is 18.6 Å². The maximum Gasteiger partial charge on any atom is 0.126 e. The molecule has 2 aromatic carbocycles. The Kier molecular flexibility index (Phi) is 4.27. The maximum absolute atomic E-state index is 13.3. The zero-order valence-electron chi connectivity index (χ0n) is 11.1. The van der Waals surface area contributed by atoms with Gasteiger partial charge in [0.1, 0.15) is 11.6 Å². The van der Waals surface area contributed by atoms with Crippen LogP contribution >= 0.6 is 0 Å². The van der Waals surface area contributed by atoms with Gasteiger partial charge in [-0.3, -0.25) is 0 Å². The summed E-state index contributed by atoms with van der Waals surface area (Å²) in [6.07, 6.45) is 0. The first-order chi connectivity index (χ1) is 9.10. The Balaban J connectivity index is 2.42. The van der Waals surface area contributed by atoms with Gasteiger partial charge in [-0.05, 0) is 53.9 Å². The van der Waals surface area contributed by atoms with E-state index in [9.17, 15) is 8.78 Å². The van der Waals surface area contributed by atoms with Gasteiger partial charge < -0.3 is 5.32 Å². The highest BCUT2D eigenvalue weighted by Gasteiger charge is 2.07. The zero-order valence-corrected chi connectivity index (χ0v) is 11.1. The molecule has 0 aromatic heterocycles. The van der Waals surface area contributed by atoms with E-state index < -0.39 is 11.6 Å². The van der Waals surface area contributed by atoms with Gasteiger partial charge in [-0.25, -0.2) is 8.78 Å². The summed E-state index contributed by atoms with van der Waals surface area (Å²) in [6, 6.07) is 9.60. The van der Waals surface area contributed by atoms with Crippen molar-refractivity contribution in [2.24, 2.45) is 0 Å². The van der Waals surface area contributed by atoms with Crippen molar-refractivity contribution < 1.29 is 8.78 Å². The summed E-state index contributed by atoms with van der Waals surface area (Å²) in [5, 5.41) is 3.24. The molecule has 0 atom stereocenters. The Labute approximate surface area is 112 Å². The van der Waals surface area contributed by atoms with E-state index in [1.165, 1.54) is 12.1 Å². The van der Waals surface area contributed by atoms with E-state index in [2.05, 4.69) is 5.32 Å². The molecule has 0 unspecified atom stereocenters. The average molecular weight is 261 g/mol. The first-order valence-corrected chi connectivity index (χ1v) is 6.37. The van der Waals surface area contributed by atoms with Crippen molar-refractivity contribution in [1.29, 1.82) is 0 Å². The highest BCUT2D eigenvalue weighted by atomic mass is 19.1. The average Bonchev–Trinajstić information content (AvgIpc) is 2.36. The molecule has 100 valence electrons. The predicted molar refractivity (Wildman–Crippen MR) is 73.9 cm³/mol. The highest BCUT2D eigenvalue weighted by Crippen LogP contribution is 2.26. The van der Waals surface area contributed by atoms with Crippen molar-refractivity contribution in [3.05, 3.63) is 59.2 Å². The zero-order chi connectivity index (χ0) is 13.8. The standard InChI is InChI=1S/C16H17F2N/c1-3-19-10-12-5-4-11(2)16(6-12)13-7-14(17)9-15(18)8-13/h4-9,19H,3,10H2,1-2H3. The highest BCUT2D eigenvalue weighted by molar-refractivity contribution is 5.68. The van der Waals surface area contributed by atoms with Gasteiger partial charge in [0.15, 0.2) is 0 Å². The molecule has 0 saturated carbocycles. The van der Waals surface area contributed by atoms with Crippen molar-refractivity contribution in [1.82, 2.24) is 5.32 Å². The number of hydrogen-bond acceptors (Lipinski definition) is 1. The molecular formula is C16H17F2N.